The molecule has 1 heteroatoms. The highest BCUT2D eigenvalue weighted by Crippen LogP contribution is 2.60. The fourth-order valence-corrected chi connectivity index (χ4v) is 10.3. The van der Waals surface area contributed by atoms with Crippen LogP contribution in [-0.2, 0) is 18.3 Å². The van der Waals surface area contributed by atoms with E-state index in [1.807, 2.05) is 0 Å². The highest BCUT2D eigenvalue weighted by Gasteiger charge is 2.46. The summed E-state index contributed by atoms with van der Waals surface area (Å²) in [5.41, 5.74) is 7.08. The lowest BCUT2D eigenvalue weighted by molar-refractivity contribution is 0.399. The van der Waals surface area contributed by atoms with Crippen molar-refractivity contribution < 1.29 is 4.74 Å². The van der Waals surface area contributed by atoms with Crippen LogP contribution in [0.1, 0.15) is 22.3 Å². The van der Waals surface area contributed by atoms with Crippen LogP contribution >= 0.6 is 0 Å². The molecule has 0 atom stereocenters. The van der Waals surface area contributed by atoms with Crippen LogP contribution in [0.5, 0.6) is 11.5 Å². The van der Waals surface area contributed by atoms with E-state index in [0.717, 1.165) is 35.1 Å². The topological polar surface area (TPSA) is 9.23 Å². The summed E-state index contributed by atoms with van der Waals surface area (Å²) in [5.74, 6) is 1.94. The molecule has 0 saturated heterocycles. The van der Waals surface area contributed by atoms with Crippen molar-refractivity contribution in [2.75, 3.05) is 0 Å². The van der Waals surface area contributed by atoms with E-state index >= 15 is 0 Å². The van der Waals surface area contributed by atoms with Gasteiger partial charge < -0.3 is 4.74 Å². The summed E-state index contributed by atoms with van der Waals surface area (Å²) in [4.78, 5) is 0. The van der Waals surface area contributed by atoms with Crippen LogP contribution in [0, 0.1) is 0 Å². The summed E-state index contributed by atoms with van der Waals surface area (Å²) < 4.78 is 7.49. The molecule has 0 saturated carbocycles. The van der Waals surface area contributed by atoms with E-state index in [-0.39, 0.29) is 0 Å². The number of hydrogen-bond acceptors (Lipinski definition) is 1. The number of ether oxygens (including phenoxy) is 1. The molecule has 0 unspecified atom stereocenters. The Hall–Kier alpha value is -7.22. The SMILES string of the molecule is c1ccc(CC2(Cc3ccc(-c4ccc5c(ccc6ccccc65)c4)cc3)c3c(c4ccccc4c4ccccc34)Oc3c2c2ccccc2c2ccccc32)cc1. The summed E-state index contributed by atoms with van der Waals surface area (Å²) in [6.45, 7) is 0. The Labute approximate surface area is 337 Å². The van der Waals surface area contributed by atoms with Crippen molar-refractivity contribution >= 4 is 64.6 Å². The highest BCUT2D eigenvalue weighted by molar-refractivity contribution is 6.17. The molecule has 0 N–H and O–H groups in total. The Morgan fingerprint density at radius 2 is 0.707 bits per heavy atom. The largest absolute Gasteiger partial charge is 0.455 e. The van der Waals surface area contributed by atoms with Gasteiger partial charge in [-0.1, -0.05) is 200 Å². The molecule has 0 fully saturated rings. The molecule has 58 heavy (non-hydrogen) atoms. The fraction of sp³-hybridized carbons (Fsp3) is 0.0526. The molecular weight excluding hydrogens is 701 g/mol. The molecule has 0 radical (unpaired) electrons. The predicted octanol–water partition coefficient (Wildman–Crippen LogP) is 15.1. The summed E-state index contributed by atoms with van der Waals surface area (Å²) in [7, 11) is 0. The summed E-state index contributed by atoms with van der Waals surface area (Å²) in [6, 6.07) is 76.1. The van der Waals surface area contributed by atoms with Crippen molar-refractivity contribution in [3.05, 3.63) is 229 Å². The van der Waals surface area contributed by atoms with Crippen molar-refractivity contribution in [3.63, 3.8) is 0 Å². The molecule has 1 heterocycles. The predicted molar refractivity (Wildman–Crippen MR) is 245 cm³/mol. The molecule has 0 aromatic heterocycles. The van der Waals surface area contributed by atoms with E-state index < -0.39 is 5.41 Å². The van der Waals surface area contributed by atoms with E-state index in [1.54, 1.807) is 0 Å². The number of rotatable bonds is 5. The second-order valence-electron chi connectivity index (χ2n) is 16.0. The Balaban J connectivity index is 1.13. The van der Waals surface area contributed by atoms with Gasteiger partial charge in [0.1, 0.15) is 11.5 Å². The van der Waals surface area contributed by atoms with Gasteiger partial charge in [-0.25, -0.2) is 0 Å². The maximum Gasteiger partial charge on any atom is 0.140 e. The molecule has 11 aromatic rings. The molecule has 0 amide bonds. The minimum atomic E-state index is -0.497. The number of benzene rings is 11. The lowest BCUT2D eigenvalue weighted by Crippen LogP contribution is -2.37. The van der Waals surface area contributed by atoms with Crippen LogP contribution < -0.4 is 4.74 Å². The van der Waals surface area contributed by atoms with Crippen LogP contribution in [0.3, 0.4) is 0 Å². The van der Waals surface area contributed by atoms with E-state index in [1.165, 1.54) is 87.2 Å². The van der Waals surface area contributed by atoms with Gasteiger partial charge in [-0.2, -0.15) is 0 Å². The molecule has 0 aliphatic carbocycles. The summed E-state index contributed by atoms with van der Waals surface area (Å²) in [6.07, 6.45) is 1.60. The maximum atomic E-state index is 7.49. The first-order valence-electron chi connectivity index (χ1n) is 20.3. The minimum absolute atomic E-state index is 0.497. The fourth-order valence-electron chi connectivity index (χ4n) is 10.3. The van der Waals surface area contributed by atoms with E-state index in [0.29, 0.717) is 0 Å². The Bertz CT molecular complexity index is 3290. The third kappa shape index (κ3) is 4.96. The molecule has 1 nitrogen and oxygen atoms in total. The standard InChI is InChI=1S/C57H38O/c1-2-14-37(15-3-1)35-57(36-38-26-28-39(29-27-38)41-32-33-44-42(34-41)31-30-40-16-4-5-17-43(40)44)53-49-22-10-6-18-45(49)47-20-8-12-24-51(47)55(53)58-56-52-25-13-9-21-48(52)46-19-7-11-23-50(46)54(56)57/h1-34H,35-36H2. The van der Waals surface area contributed by atoms with Crippen molar-refractivity contribution in [2.24, 2.45) is 0 Å². The van der Waals surface area contributed by atoms with Gasteiger partial charge in [-0.3, -0.25) is 0 Å². The van der Waals surface area contributed by atoms with Gasteiger partial charge in [0.15, 0.2) is 0 Å². The normalized spacial score (nSPS) is 13.2. The third-order valence-corrected chi connectivity index (χ3v) is 12.8. The van der Waals surface area contributed by atoms with Crippen LogP contribution in [-0.4, -0.2) is 0 Å². The van der Waals surface area contributed by atoms with E-state index in [9.17, 15) is 0 Å². The average molecular weight is 739 g/mol. The lowest BCUT2D eigenvalue weighted by atomic mass is 9.62. The maximum absolute atomic E-state index is 7.49. The first-order valence-corrected chi connectivity index (χ1v) is 20.3. The molecule has 11 aromatic carbocycles. The van der Waals surface area contributed by atoms with Gasteiger partial charge in [0.2, 0.25) is 0 Å². The minimum Gasteiger partial charge on any atom is -0.455 e. The van der Waals surface area contributed by atoms with Crippen LogP contribution in [0.15, 0.2) is 206 Å². The highest BCUT2D eigenvalue weighted by atomic mass is 16.5. The van der Waals surface area contributed by atoms with Gasteiger partial charge in [-0.15, -0.1) is 0 Å². The molecule has 0 bridgehead atoms. The van der Waals surface area contributed by atoms with Crippen molar-refractivity contribution in [3.8, 4) is 22.6 Å². The third-order valence-electron chi connectivity index (χ3n) is 12.8. The van der Waals surface area contributed by atoms with Crippen LogP contribution in [0.25, 0.3) is 75.8 Å². The number of hydrogen-bond donors (Lipinski definition) is 0. The van der Waals surface area contributed by atoms with Crippen molar-refractivity contribution in [2.45, 2.75) is 18.3 Å². The zero-order valence-corrected chi connectivity index (χ0v) is 32.0. The molecule has 1 aliphatic heterocycles. The quantitative estimate of drug-likeness (QED) is 0.160. The smallest absolute Gasteiger partial charge is 0.140 e. The lowest BCUT2D eigenvalue weighted by Gasteiger charge is -2.43. The van der Waals surface area contributed by atoms with Gasteiger partial charge >= 0.3 is 0 Å². The van der Waals surface area contributed by atoms with Gasteiger partial charge in [-0.05, 0) is 95.0 Å². The first kappa shape index (κ1) is 33.0. The van der Waals surface area contributed by atoms with Gasteiger partial charge in [0, 0.05) is 27.3 Å². The second kappa shape index (κ2) is 12.9. The summed E-state index contributed by atoms with van der Waals surface area (Å²) >= 11 is 0. The van der Waals surface area contributed by atoms with E-state index in [4.69, 9.17) is 4.74 Å². The Morgan fingerprint density at radius 3 is 1.29 bits per heavy atom. The first-order chi connectivity index (χ1) is 28.7. The monoisotopic (exact) mass is 738 g/mol. The Kier molecular flexibility index (Phi) is 7.34. The van der Waals surface area contributed by atoms with Crippen molar-refractivity contribution in [1.82, 2.24) is 0 Å². The van der Waals surface area contributed by atoms with E-state index in [2.05, 4.69) is 206 Å². The molecule has 0 spiro atoms. The molecule has 1 aliphatic rings. The van der Waals surface area contributed by atoms with Gasteiger partial charge in [0.05, 0.1) is 0 Å². The number of fused-ring (bicyclic) bond motifs is 15. The average Bonchev–Trinajstić information content (AvgIpc) is 3.29. The van der Waals surface area contributed by atoms with Crippen LogP contribution in [0.4, 0.5) is 0 Å². The van der Waals surface area contributed by atoms with Gasteiger partial charge in [0.25, 0.3) is 0 Å². The van der Waals surface area contributed by atoms with Crippen LogP contribution in [0.2, 0.25) is 0 Å². The zero-order chi connectivity index (χ0) is 38.2. The molecule has 12 rings (SSSR count). The molecular formula is C57H38O. The van der Waals surface area contributed by atoms with Crippen molar-refractivity contribution in [1.29, 1.82) is 0 Å². The second-order valence-corrected chi connectivity index (χ2v) is 16.0. The zero-order valence-electron chi connectivity index (χ0n) is 32.0. The summed E-state index contributed by atoms with van der Waals surface area (Å²) in [5, 5.41) is 14.8. The molecule has 272 valence electrons. The Morgan fingerprint density at radius 1 is 0.293 bits per heavy atom.